The van der Waals surface area contributed by atoms with Crippen LogP contribution in [0, 0.1) is 6.92 Å². The molecule has 0 radical (unpaired) electrons. The summed E-state index contributed by atoms with van der Waals surface area (Å²) in [4.78, 5) is 4.08. The van der Waals surface area contributed by atoms with Gasteiger partial charge in [0, 0.05) is 5.02 Å². The number of aromatic nitrogens is 3. The summed E-state index contributed by atoms with van der Waals surface area (Å²) in [6.45, 7) is 0.835. The lowest BCUT2D eigenvalue weighted by Gasteiger charge is -2.40. The zero-order chi connectivity index (χ0) is 20.8. The Bertz CT molecular complexity index is 861. The molecule has 2 aromatic rings. The van der Waals surface area contributed by atoms with Crippen LogP contribution >= 0.6 is 11.6 Å². The smallest absolute Gasteiger partial charge is 0.394 e. The van der Waals surface area contributed by atoms with E-state index in [0.717, 1.165) is 22.9 Å². The molecule has 1 fully saturated rings. The number of hydrogen-bond donors (Lipinski definition) is 4. The maximum atomic E-state index is 13.5. The fraction of sp³-hybridized carbons (Fsp3) is 0.500. The number of ether oxygens (including phenoxy) is 1. The van der Waals surface area contributed by atoms with Crippen LogP contribution in [0.1, 0.15) is 23.3 Å². The minimum absolute atomic E-state index is 0.0348. The van der Waals surface area contributed by atoms with Crippen LogP contribution in [0.3, 0.4) is 0 Å². The molecule has 1 aliphatic heterocycles. The summed E-state index contributed by atoms with van der Waals surface area (Å²) in [5.41, 5.74) is 4.36. The van der Waals surface area contributed by atoms with Gasteiger partial charge in [-0.15, -0.1) is 0 Å². The van der Waals surface area contributed by atoms with Crippen molar-refractivity contribution < 1.29 is 33.2 Å². The lowest BCUT2D eigenvalue weighted by atomic mass is 9.93. The largest absolute Gasteiger partial charge is 0.418 e. The van der Waals surface area contributed by atoms with E-state index < -0.39 is 54.5 Å². The molecule has 0 aliphatic carbocycles. The van der Waals surface area contributed by atoms with Gasteiger partial charge in [0.25, 0.3) is 0 Å². The third-order valence-corrected chi connectivity index (χ3v) is 4.70. The molecular formula is C16H18ClF3N4O4. The molecule has 0 saturated carbocycles. The summed E-state index contributed by atoms with van der Waals surface area (Å²) >= 11 is 5.88. The second kappa shape index (κ2) is 7.58. The maximum absolute atomic E-state index is 13.5. The van der Waals surface area contributed by atoms with E-state index in [1.54, 1.807) is 0 Å². The van der Waals surface area contributed by atoms with Crippen molar-refractivity contribution in [1.82, 2.24) is 14.8 Å². The van der Waals surface area contributed by atoms with Crippen molar-refractivity contribution in [3.63, 3.8) is 0 Å². The SMILES string of the molecule is Cc1nc([C@@H]2OC(CO)[C@H](O)[C@H](N)C2O)n(-c2cc(Cl)ccc2C(F)(F)F)n1. The summed E-state index contributed by atoms with van der Waals surface area (Å²) in [6.07, 6.45) is -10.1. The molecule has 0 amide bonds. The Morgan fingerprint density at radius 3 is 2.57 bits per heavy atom. The number of aliphatic hydroxyl groups excluding tert-OH is 3. The second-order valence-corrected chi connectivity index (χ2v) is 6.86. The molecule has 0 spiro atoms. The third kappa shape index (κ3) is 3.73. The number of nitrogens with two attached hydrogens (primary N) is 1. The zero-order valence-electron chi connectivity index (χ0n) is 14.5. The van der Waals surface area contributed by atoms with Gasteiger partial charge in [-0.1, -0.05) is 11.6 Å². The molecule has 5 atom stereocenters. The van der Waals surface area contributed by atoms with Gasteiger partial charge in [-0.3, -0.25) is 0 Å². The predicted molar refractivity (Wildman–Crippen MR) is 90.8 cm³/mol. The Balaban J connectivity index is 2.14. The Morgan fingerprint density at radius 1 is 1.29 bits per heavy atom. The fourth-order valence-electron chi connectivity index (χ4n) is 3.08. The van der Waals surface area contributed by atoms with Gasteiger partial charge in [-0.25, -0.2) is 9.67 Å². The first-order valence-electron chi connectivity index (χ1n) is 8.23. The minimum Gasteiger partial charge on any atom is -0.394 e. The van der Waals surface area contributed by atoms with Crippen molar-refractivity contribution >= 4 is 11.6 Å². The van der Waals surface area contributed by atoms with Crippen LogP contribution in [-0.2, 0) is 10.9 Å². The normalized spacial score (nSPS) is 28.5. The first-order valence-corrected chi connectivity index (χ1v) is 8.61. The Kier molecular flexibility index (Phi) is 5.67. The fourth-order valence-corrected chi connectivity index (χ4v) is 3.24. The molecule has 3 rings (SSSR count). The highest BCUT2D eigenvalue weighted by Gasteiger charge is 2.45. The van der Waals surface area contributed by atoms with E-state index in [4.69, 9.17) is 22.1 Å². The highest BCUT2D eigenvalue weighted by Crippen LogP contribution is 2.37. The van der Waals surface area contributed by atoms with E-state index in [9.17, 15) is 28.5 Å². The number of aliphatic hydroxyl groups is 3. The summed E-state index contributed by atoms with van der Waals surface area (Å²) in [5.74, 6) is -0.0577. The van der Waals surface area contributed by atoms with Gasteiger partial charge in [0.1, 0.15) is 30.2 Å². The lowest BCUT2D eigenvalue weighted by molar-refractivity contribution is -0.193. The van der Waals surface area contributed by atoms with Crippen molar-refractivity contribution in [2.45, 2.75) is 43.6 Å². The van der Waals surface area contributed by atoms with Crippen molar-refractivity contribution in [2.75, 3.05) is 6.61 Å². The molecule has 1 aromatic heterocycles. The molecule has 12 heteroatoms. The molecule has 0 bridgehead atoms. The zero-order valence-corrected chi connectivity index (χ0v) is 15.3. The van der Waals surface area contributed by atoms with Gasteiger partial charge < -0.3 is 25.8 Å². The van der Waals surface area contributed by atoms with E-state index in [0.29, 0.717) is 0 Å². The van der Waals surface area contributed by atoms with Crippen LogP contribution in [-0.4, -0.2) is 61.0 Å². The van der Waals surface area contributed by atoms with Gasteiger partial charge in [0.15, 0.2) is 5.82 Å². The van der Waals surface area contributed by atoms with Crippen molar-refractivity contribution in [2.24, 2.45) is 5.73 Å². The van der Waals surface area contributed by atoms with E-state index in [1.807, 2.05) is 0 Å². The monoisotopic (exact) mass is 422 g/mol. The van der Waals surface area contributed by atoms with E-state index >= 15 is 0 Å². The van der Waals surface area contributed by atoms with Gasteiger partial charge in [0.05, 0.1) is 23.9 Å². The molecule has 2 heterocycles. The molecule has 5 N–H and O–H groups in total. The second-order valence-electron chi connectivity index (χ2n) is 6.42. The minimum atomic E-state index is -4.71. The Morgan fingerprint density at radius 2 is 1.96 bits per heavy atom. The topological polar surface area (TPSA) is 127 Å². The van der Waals surface area contributed by atoms with Gasteiger partial charge in [-0.2, -0.15) is 18.3 Å². The van der Waals surface area contributed by atoms with Crippen LogP contribution in [0.4, 0.5) is 13.2 Å². The van der Waals surface area contributed by atoms with Crippen molar-refractivity contribution in [1.29, 1.82) is 0 Å². The third-order valence-electron chi connectivity index (χ3n) is 4.47. The average molecular weight is 423 g/mol. The first kappa shape index (κ1) is 21.0. The van der Waals surface area contributed by atoms with Crippen LogP contribution in [0.25, 0.3) is 5.69 Å². The number of hydrogen-bond acceptors (Lipinski definition) is 7. The molecule has 1 aliphatic rings. The number of benzene rings is 1. The van der Waals surface area contributed by atoms with E-state index in [1.165, 1.54) is 6.92 Å². The highest BCUT2D eigenvalue weighted by molar-refractivity contribution is 6.30. The summed E-state index contributed by atoms with van der Waals surface area (Å²) in [7, 11) is 0. The van der Waals surface area contributed by atoms with Gasteiger partial charge >= 0.3 is 6.18 Å². The average Bonchev–Trinajstić information content (AvgIpc) is 3.00. The quantitative estimate of drug-likeness (QED) is 0.574. The molecule has 8 nitrogen and oxygen atoms in total. The Labute approximate surface area is 162 Å². The lowest BCUT2D eigenvalue weighted by Crippen LogP contribution is -2.59. The molecule has 28 heavy (non-hydrogen) atoms. The van der Waals surface area contributed by atoms with Gasteiger partial charge in [0.2, 0.25) is 0 Å². The first-order chi connectivity index (χ1) is 13.0. The standard InChI is InChI=1S/C16H18ClF3N4O4/c1-6-22-15(14-13(27)11(21)12(26)10(5-25)28-14)24(23-6)9-4-7(17)2-3-8(9)16(18,19)20/h2-4,10-14,25-27H,5,21H2,1H3/t10?,11-,12-,13?,14+/m0/s1. The molecular weight excluding hydrogens is 405 g/mol. The van der Waals surface area contributed by atoms with E-state index in [2.05, 4.69) is 10.1 Å². The number of rotatable bonds is 3. The molecule has 1 saturated heterocycles. The van der Waals surface area contributed by atoms with Crippen LogP contribution in [0.15, 0.2) is 18.2 Å². The molecule has 2 unspecified atom stereocenters. The molecule has 154 valence electrons. The summed E-state index contributed by atoms with van der Waals surface area (Å²) in [5, 5.41) is 33.8. The number of aryl methyl sites for hydroxylation is 1. The van der Waals surface area contributed by atoms with Crippen molar-refractivity contribution in [3.05, 3.63) is 40.4 Å². The van der Waals surface area contributed by atoms with Crippen LogP contribution in [0.2, 0.25) is 5.02 Å². The predicted octanol–water partition coefficient (Wildman–Crippen LogP) is 0.729. The summed E-state index contributed by atoms with van der Waals surface area (Å²) in [6, 6.07) is 1.75. The molecule has 1 aromatic carbocycles. The number of halogens is 4. The van der Waals surface area contributed by atoms with E-state index in [-0.39, 0.29) is 16.7 Å². The van der Waals surface area contributed by atoms with Crippen molar-refractivity contribution in [3.8, 4) is 5.69 Å². The van der Waals surface area contributed by atoms with Crippen LogP contribution in [0.5, 0.6) is 0 Å². The highest BCUT2D eigenvalue weighted by atomic mass is 35.5. The number of alkyl halides is 3. The van der Waals surface area contributed by atoms with Gasteiger partial charge in [-0.05, 0) is 25.1 Å². The maximum Gasteiger partial charge on any atom is 0.418 e. The van der Waals surface area contributed by atoms with Crippen LogP contribution < -0.4 is 5.73 Å². The number of nitrogens with zero attached hydrogens (tertiary/aromatic N) is 3. The Hall–Kier alpha value is -1.76. The summed E-state index contributed by atoms with van der Waals surface area (Å²) < 4.78 is 46.8.